The lowest BCUT2D eigenvalue weighted by molar-refractivity contribution is 0.0124. The Balaban J connectivity index is 2.06. The van der Waals surface area contributed by atoms with Crippen molar-refractivity contribution in [2.75, 3.05) is 13.1 Å². The highest BCUT2D eigenvalue weighted by molar-refractivity contribution is 5.17. The van der Waals surface area contributed by atoms with Gasteiger partial charge in [0.25, 0.3) is 5.92 Å². The van der Waals surface area contributed by atoms with E-state index in [1.807, 2.05) is 0 Å². The van der Waals surface area contributed by atoms with Gasteiger partial charge in [0.2, 0.25) is 0 Å². The van der Waals surface area contributed by atoms with Gasteiger partial charge in [0.15, 0.2) is 0 Å². The van der Waals surface area contributed by atoms with Crippen LogP contribution in [-0.4, -0.2) is 23.1 Å². The number of imidazole rings is 1. The lowest BCUT2D eigenvalue weighted by Gasteiger charge is -2.21. The smallest absolute Gasteiger partial charge is 0.288 e. The molecule has 17 heavy (non-hydrogen) atoms. The van der Waals surface area contributed by atoms with Gasteiger partial charge in [0.05, 0.1) is 0 Å². The second kappa shape index (κ2) is 4.72. The van der Waals surface area contributed by atoms with Crippen LogP contribution in [0, 0.1) is 12.8 Å². The molecule has 5 heteroatoms. The maximum atomic E-state index is 13.2. The van der Waals surface area contributed by atoms with E-state index in [0.29, 0.717) is 17.4 Å². The van der Waals surface area contributed by atoms with E-state index in [4.69, 9.17) is 0 Å². The molecule has 1 aliphatic rings. The monoisotopic (exact) mass is 243 g/mol. The van der Waals surface area contributed by atoms with Gasteiger partial charge in [0.1, 0.15) is 11.5 Å². The van der Waals surface area contributed by atoms with E-state index < -0.39 is 5.92 Å². The van der Waals surface area contributed by atoms with Crippen LogP contribution in [0.2, 0.25) is 0 Å². The predicted molar refractivity (Wildman–Crippen MR) is 62.2 cm³/mol. The van der Waals surface area contributed by atoms with Crippen LogP contribution in [0.15, 0.2) is 0 Å². The summed E-state index contributed by atoms with van der Waals surface area (Å²) < 4.78 is 26.4. The summed E-state index contributed by atoms with van der Waals surface area (Å²) in [6, 6.07) is 0. The molecule has 3 nitrogen and oxygen atoms in total. The molecule has 1 unspecified atom stereocenters. The zero-order valence-corrected chi connectivity index (χ0v) is 10.3. The minimum absolute atomic E-state index is 0.115. The van der Waals surface area contributed by atoms with Crippen LogP contribution in [0.1, 0.15) is 37.0 Å². The van der Waals surface area contributed by atoms with Gasteiger partial charge >= 0.3 is 0 Å². The highest BCUT2D eigenvalue weighted by Crippen LogP contribution is 2.28. The Hall–Kier alpha value is -0.970. The average molecular weight is 243 g/mol. The summed E-state index contributed by atoms with van der Waals surface area (Å²) in [7, 11) is 0. The van der Waals surface area contributed by atoms with Crippen molar-refractivity contribution in [2.45, 2.75) is 39.0 Å². The third-order valence-electron chi connectivity index (χ3n) is 3.23. The number of piperidine rings is 1. The maximum Gasteiger partial charge on any atom is 0.288 e. The van der Waals surface area contributed by atoms with E-state index in [2.05, 4.69) is 15.3 Å². The van der Waals surface area contributed by atoms with Crippen molar-refractivity contribution in [1.29, 1.82) is 0 Å². The molecule has 0 radical (unpaired) electrons. The summed E-state index contributed by atoms with van der Waals surface area (Å²) in [5.74, 6) is -1.66. The number of aromatic nitrogens is 2. The van der Waals surface area contributed by atoms with E-state index in [9.17, 15) is 8.78 Å². The molecule has 1 saturated heterocycles. The van der Waals surface area contributed by atoms with E-state index in [1.165, 1.54) is 0 Å². The van der Waals surface area contributed by atoms with Crippen molar-refractivity contribution in [3.05, 3.63) is 17.2 Å². The van der Waals surface area contributed by atoms with E-state index in [-0.39, 0.29) is 5.69 Å². The fraction of sp³-hybridized carbons (Fsp3) is 0.750. The first-order valence-electron chi connectivity index (χ1n) is 6.11. The zero-order valence-electron chi connectivity index (χ0n) is 10.3. The number of aromatic amines is 1. The van der Waals surface area contributed by atoms with Crippen molar-refractivity contribution in [1.82, 2.24) is 15.3 Å². The van der Waals surface area contributed by atoms with Crippen LogP contribution in [-0.2, 0) is 12.3 Å². The molecule has 1 atom stereocenters. The number of H-pyrrole nitrogens is 1. The van der Waals surface area contributed by atoms with E-state index >= 15 is 0 Å². The van der Waals surface area contributed by atoms with E-state index in [1.54, 1.807) is 6.92 Å². The fourth-order valence-electron chi connectivity index (χ4n) is 2.42. The Kier molecular flexibility index (Phi) is 3.47. The third kappa shape index (κ3) is 3.03. The van der Waals surface area contributed by atoms with Crippen LogP contribution in [0.25, 0.3) is 0 Å². The van der Waals surface area contributed by atoms with Crippen molar-refractivity contribution >= 4 is 0 Å². The van der Waals surface area contributed by atoms with Crippen LogP contribution in [0.4, 0.5) is 8.78 Å². The molecule has 1 aromatic rings. The number of hydrogen-bond donors (Lipinski definition) is 2. The molecule has 2 heterocycles. The second-order valence-corrected chi connectivity index (χ2v) is 4.96. The normalized spacial score (nSPS) is 21.8. The number of rotatable bonds is 3. The molecule has 2 rings (SSSR count). The minimum Gasteiger partial charge on any atom is -0.346 e. The third-order valence-corrected chi connectivity index (χ3v) is 3.23. The zero-order chi connectivity index (χ0) is 12.5. The van der Waals surface area contributed by atoms with Gasteiger partial charge in [-0.3, -0.25) is 0 Å². The largest absolute Gasteiger partial charge is 0.346 e. The molecule has 0 spiro atoms. The molecule has 1 fully saturated rings. The van der Waals surface area contributed by atoms with Crippen LogP contribution >= 0.6 is 0 Å². The summed E-state index contributed by atoms with van der Waals surface area (Å²) in [6.45, 7) is 4.56. The molecular formula is C12H19F2N3. The van der Waals surface area contributed by atoms with Gasteiger partial charge in [-0.2, -0.15) is 8.78 Å². The number of halogens is 2. The maximum absolute atomic E-state index is 13.2. The van der Waals surface area contributed by atoms with Crippen LogP contribution in [0.5, 0.6) is 0 Å². The van der Waals surface area contributed by atoms with Crippen LogP contribution in [0.3, 0.4) is 0 Å². The summed E-state index contributed by atoms with van der Waals surface area (Å²) in [5.41, 5.74) is 0.368. The molecular weight excluding hydrogens is 224 g/mol. The molecule has 1 aromatic heterocycles. The van der Waals surface area contributed by atoms with E-state index in [0.717, 1.165) is 39.3 Å². The van der Waals surface area contributed by atoms with Gasteiger partial charge in [-0.25, -0.2) is 4.98 Å². The fourth-order valence-corrected chi connectivity index (χ4v) is 2.42. The number of alkyl halides is 2. The number of hydrogen-bond acceptors (Lipinski definition) is 2. The van der Waals surface area contributed by atoms with Gasteiger partial charge < -0.3 is 10.3 Å². The lowest BCUT2D eigenvalue weighted by Crippen LogP contribution is -2.31. The van der Waals surface area contributed by atoms with Gasteiger partial charge in [-0.05, 0) is 38.8 Å². The first kappa shape index (κ1) is 12.5. The summed E-state index contributed by atoms with van der Waals surface area (Å²) in [5, 5.41) is 3.32. The predicted octanol–water partition coefficient (Wildman–Crippen LogP) is 2.37. The van der Waals surface area contributed by atoms with Crippen molar-refractivity contribution in [2.24, 2.45) is 5.92 Å². The molecule has 96 valence electrons. The minimum atomic E-state index is -2.86. The summed E-state index contributed by atoms with van der Waals surface area (Å²) in [6.07, 6.45) is 3.05. The summed E-state index contributed by atoms with van der Waals surface area (Å²) in [4.78, 5) is 7.02. The Morgan fingerprint density at radius 3 is 2.76 bits per heavy atom. The second-order valence-electron chi connectivity index (χ2n) is 4.96. The van der Waals surface area contributed by atoms with Gasteiger partial charge in [-0.15, -0.1) is 0 Å². The average Bonchev–Trinajstić information content (AvgIpc) is 2.60. The molecule has 0 amide bonds. The molecule has 0 aliphatic carbocycles. The Morgan fingerprint density at radius 1 is 1.47 bits per heavy atom. The topological polar surface area (TPSA) is 40.7 Å². The van der Waals surface area contributed by atoms with Crippen molar-refractivity contribution in [3.63, 3.8) is 0 Å². The first-order chi connectivity index (χ1) is 7.97. The Labute approximate surface area is 100 Å². The summed E-state index contributed by atoms with van der Waals surface area (Å²) >= 11 is 0. The first-order valence-corrected chi connectivity index (χ1v) is 6.11. The molecule has 1 aliphatic heterocycles. The molecule has 0 bridgehead atoms. The number of nitrogens with zero attached hydrogens (tertiary/aromatic N) is 1. The van der Waals surface area contributed by atoms with Crippen molar-refractivity contribution < 1.29 is 8.78 Å². The number of aryl methyl sites for hydroxylation is 1. The lowest BCUT2D eigenvalue weighted by atomic mass is 9.96. The van der Waals surface area contributed by atoms with Crippen molar-refractivity contribution in [3.8, 4) is 0 Å². The molecule has 0 aromatic carbocycles. The number of nitrogens with one attached hydrogen (secondary N) is 2. The van der Waals surface area contributed by atoms with Crippen LogP contribution < -0.4 is 5.32 Å². The Bertz CT molecular complexity index is 376. The standard InChI is InChI=1S/C12H19F2N3/c1-8-11(12(2,13)14)17-10(16-8)6-9-4-3-5-15-7-9/h9,15H,3-7H2,1-2H3,(H,16,17). The van der Waals surface area contributed by atoms with Gasteiger partial charge in [-0.1, -0.05) is 0 Å². The molecule has 0 saturated carbocycles. The highest BCUT2D eigenvalue weighted by atomic mass is 19.3. The Morgan fingerprint density at radius 2 is 2.24 bits per heavy atom. The quantitative estimate of drug-likeness (QED) is 0.855. The van der Waals surface area contributed by atoms with Gasteiger partial charge in [0, 0.05) is 19.0 Å². The highest BCUT2D eigenvalue weighted by Gasteiger charge is 2.30. The SMILES string of the molecule is Cc1[nH]c(CC2CCCNC2)nc1C(C)(F)F. The molecule has 2 N–H and O–H groups in total.